The molecule has 0 spiro atoms. The van der Waals surface area contributed by atoms with Crippen molar-refractivity contribution >= 4 is 11.7 Å². The van der Waals surface area contributed by atoms with Crippen molar-refractivity contribution in [3.63, 3.8) is 0 Å². The van der Waals surface area contributed by atoms with Gasteiger partial charge in [-0.2, -0.15) is 4.98 Å². The number of rotatable bonds is 4. The van der Waals surface area contributed by atoms with Crippen LogP contribution in [0.25, 0.3) is 0 Å². The zero-order valence-corrected chi connectivity index (χ0v) is 13.9. The minimum Gasteiger partial charge on any atom is -0.394 e. The normalized spacial score (nSPS) is 28.1. The van der Waals surface area contributed by atoms with E-state index in [2.05, 4.69) is 10.3 Å². The fourth-order valence-electron chi connectivity index (χ4n) is 2.80. The van der Waals surface area contributed by atoms with E-state index in [1.165, 1.54) is 12.3 Å². The summed E-state index contributed by atoms with van der Waals surface area (Å²) in [6.07, 6.45) is -2.99. The SMILES string of the molecule is C[C@@]1(F)C(O)[C@@H](CO)O[C@H]1n1ccc(NC(=O)c2ccccc2)nc1=O. The summed E-state index contributed by atoms with van der Waals surface area (Å²) in [6.45, 7) is 0.486. The highest BCUT2D eigenvalue weighted by Crippen LogP contribution is 2.40. The van der Waals surface area contributed by atoms with E-state index in [1.54, 1.807) is 30.3 Å². The van der Waals surface area contributed by atoms with Crippen LogP contribution in [0, 0.1) is 0 Å². The third kappa shape index (κ3) is 3.24. The number of aliphatic hydroxyl groups is 2. The second-order valence-corrected chi connectivity index (χ2v) is 6.13. The van der Waals surface area contributed by atoms with E-state index in [4.69, 9.17) is 9.84 Å². The maximum Gasteiger partial charge on any atom is 0.351 e. The Morgan fingerprint density at radius 3 is 2.65 bits per heavy atom. The molecule has 1 fully saturated rings. The standard InChI is InChI=1S/C17H18FN3O5/c1-17(18)13(23)11(9-22)26-15(17)21-8-7-12(20-16(21)25)19-14(24)10-5-3-2-4-6-10/h2-8,11,13,15,22-23H,9H2,1H3,(H,19,20,24,25)/t11-,13?,15-,17-/m1/s1. The maximum absolute atomic E-state index is 14.8. The Balaban J connectivity index is 1.82. The van der Waals surface area contributed by atoms with Gasteiger partial charge in [-0.3, -0.25) is 9.36 Å². The molecule has 4 atom stereocenters. The molecule has 2 heterocycles. The van der Waals surface area contributed by atoms with Crippen LogP contribution in [0.1, 0.15) is 23.5 Å². The summed E-state index contributed by atoms with van der Waals surface area (Å²) >= 11 is 0. The van der Waals surface area contributed by atoms with Crippen LogP contribution in [0.5, 0.6) is 0 Å². The average molecular weight is 363 g/mol. The fourth-order valence-corrected chi connectivity index (χ4v) is 2.80. The molecule has 0 saturated carbocycles. The molecule has 1 aromatic heterocycles. The van der Waals surface area contributed by atoms with E-state index in [9.17, 15) is 19.1 Å². The number of benzene rings is 1. The predicted octanol–water partition coefficient (Wildman–Crippen LogP) is 0.474. The Bertz CT molecular complexity index is 855. The number of nitrogens with zero attached hydrogens (tertiary/aromatic N) is 2. The van der Waals surface area contributed by atoms with E-state index in [-0.39, 0.29) is 5.82 Å². The van der Waals surface area contributed by atoms with Crippen LogP contribution in [-0.4, -0.2) is 50.2 Å². The molecule has 2 aromatic rings. The topological polar surface area (TPSA) is 114 Å². The Morgan fingerprint density at radius 1 is 1.38 bits per heavy atom. The Morgan fingerprint density at radius 2 is 2.08 bits per heavy atom. The van der Waals surface area contributed by atoms with Crippen LogP contribution in [0.3, 0.4) is 0 Å². The van der Waals surface area contributed by atoms with Crippen molar-refractivity contribution in [2.24, 2.45) is 0 Å². The smallest absolute Gasteiger partial charge is 0.351 e. The van der Waals surface area contributed by atoms with Gasteiger partial charge in [0.25, 0.3) is 5.91 Å². The molecule has 1 aromatic carbocycles. The highest BCUT2D eigenvalue weighted by Gasteiger charge is 2.55. The summed E-state index contributed by atoms with van der Waals surface area (Å²) in [4.78, 5) is 28.0. The Kier molecular flexibility index (Phi) is 4.86. The van der Waals surface area contributed by atoms with Gasteiger partial charge in [0.05, 0.1) is 6.61 Å². The molecule has 1 amide bonds. The highest BCUT2D eigenvalue weighted by atomic mass is 19.1. The zero-order valence-electron chi connectivity index (χ0n) is 13.9. The zero-order chi connectivity index (χ0) is 18.9. The minimum absolute atomic E-state index is 0.00193. The molecule has 9 heteroatoms. The number of anilines is 1. The predicted molar refractivity (Wildman–Crippen MR) is 89.4 cm³/mol. The van der Waals surface area contributed by atoms with Gasteiger partial charge in [0.15, 0.2) is 11.9 Å². The second kappa shape index (κ2) is 6.94. The molecule has 1 saturated heterocycles. The van der Waals surface area contributed by atoms with Crippen molar-refractivity contribution in [3.8, 4) is 0 Å². The van der Waals surface area contributed by atoms with Crippen molar-refractivity contribution in [1.82, 2.24) is 9.55 Å². The number of ether oxygens (including phenoxy) is 1. The first-order chi connectivity index (χ1) is 12.3. The number of carbonyl (C=O) groups is 1. The molecule has 1 aliphatic rings. The van der Waals surface area contributed by atoms with Crippen LogP contribution in [0.2, 0.25) is 0 Å². The summed E-state index contributed by atoms with van der Waals surface area (Å²) < 4.78 is 20.9. The molecule has 0 radical (unpaired) electrons. The molecule has 3 N–H and O–H groups in total. The van der Waals surface area contributed by atoms with Crippen molar-refractivity contribution in [1.29, 1.82) is 0 Å². The van der Waals surface area contributed by atoms with E-state index >= 15 is 0 Å². The molecule has 1 aliphatic heterocycles. The van der Waals surface area contributed by atoms with E-state index in [0.717, 1.165) is 11.5 Å². The number of carbonyl (C=O) groups excluding carboxylic acids is 1. The van der Waals surface area contributed by atoms with Gasteiger partial charge in [0.2, 0.25) is 0 Å². The largest absolute Gasteiger partial charge is 0.394 e. The first-order valence-electron chi connectivity index (χ1n) is 7.93. The van der Waals surface area contributed by atoms with Crippen LogP contribution < -0.4 is 11.0 Å². The van der Waals surface area contributed by atoms with Crippen molar-refractivity contribution in [2.75, 3.05) is 11.9 Å². The lowest BCUT2D eigenvalue weighted by Gasteiger charge is -2.24. The number of aliphatic hydroxyl groups excluding tert-OH is 2. The van der Waals surface area contributed by atoms with Gasteiger partial charge < -0.3 is 20.3 Å². The van der Waals surface area contributed by atoms with Crippen molar-refractivity contribution in [2.45, 2.75) is 31.0 Å². The number of amides is 1. The Hall–Kier alpha value is -2.62. The van der Waals surface area contributed by atoms with Crippen LogP contribution in [0.4, 0.5) is 10.2 Å². The quantitative estimate of drug-likeness (QED) is 0.728. The Labute approximate surface area is 147 Å². The third-order valence-electron chi connectivity index (χ3n) is 4.26. The number of hydrogen-bond donors (Lipinski definition) is 3. The van der Waals surface area contributed by atoms with Gasteiger partial charge in [0.1, 0.15) is 18.0 Å². The van der Waals surface area contributed by atoms with Gasteiger partial charge in [-0.25, -0.2) is 9.18 Å². The molecular weight excluding hydrogens is 345 g/mol. The minimum atomic E-state index is -2.30. The van der Waals surface area contributed by atoms with Crippen LogP contribution in [-0.2, 0) is 4.74 Å². The molecule has 0 aliphatic carbocycles. The maximum atomic E-state index is 14.8. The number of aromatic nitrogens is 2. The van der Waals surface area contributed by atoms with Crippen molar-refractivity contribution < 1.29 is 24.1 Å². The lowest BCUT2D eigenvalue weighted by Crippen LogP contribution is -2.42. The number of hydrogen-bond acceptors (Lipinski definition) is 6. The summed E-state index contributed by atoms with van der Waals surface area (Å²) in [5.74, 6) is -0.448. The first kappa shape index (κ1) is 18.2. The third-order valence-corrected chi connectivity index (χ3v) is 4.26. The van der Waals surface area contributed by atoms with Crippen LogP contribution in [0.15, 0.2) is 47.4 Å². The van der Waals surface area contributed by atoms with E-state index in [1.807, 2.05) is 0 Å². The lowest BCUT2D eigenvalue weighted by molar-refractivity contribution is -0.0610. The monoisotopic (exact) mass is 363 g/mol. The number of halogens is 1. The van der Waals surface area contributed by atoms with E-state index < -0.39 is 42.3 Å². The van der Waals surface area contributed by atoms with Gasteiger partial charge in [-0.15, -0.1) is 0 Å². The fraction of sp³-hybridized carbons (Fsp3) is 0.353. The first-order valence-corrected chi connectivity index (χ1v) is 7.93. The highest BCUT2D eigenvalue weighted by molar-refractivity contribution is 6.03. The summed E-state index contributed by atoms with van der Waals surface area (Å²) in [7, 11) is 0. The second-order valence-electron chi connectivity index (χ2n) is 6.13. The van der Waals surface area contributed by atoms with Crippen molar-refractivity contribution in [3.05, 3.63) is 58.6 Å². The molecule has 0 bridgehead atoms. The summed E-state index contributed by atoms with van der Waals surface area (Å²) in [6, 6.07) is 9.69. The lowest BCUT2D eigenvalue weighted by atomic mass is 9.98. The molecular formula is C17H18FN3O5. The molecule has 3 rings (SSSR count). The number of alkyl halides is 1. The van der Waals surface area contributed by atoms with Gasteiger partial charge in [-0.1, -0.05) is 18.2 Å². The molecule has 1 unspecified atom stereocenters. The molecule has 8 nitrogen and oxygen atoms in total. The van der Waals surface area contributed by atoms with Gasteiger partial charge >= 0.3 is 5.69 Å². The summed E-state index contributed by atoms with van der Waals surface area (Å²) in [5, 5.41) is 21.5. The summed E-state index contributed by atoms with van der Waals surface area (Å²) in [5.41, 5.74) is -2.77. The number of nitrogens with one attached hydrogen (secondary N) is 1. The van der Waals surface area contributed by atoms with Crippen LogP contribution >= 0.6 is 0 Å². The molecule has 26 heavy (non-hydrogen) atoms. The van der Waals surface area contributed by atoms with Gasteiger partial charge in [0, 0.05) is 11.8 Å². The molecule has 138 valence electrons. The van der Waals surface area contributed by atoms with E-state index in [0.29, 0.717) is 5.56 Å². The average Bonchev–Trinajstić information content (AvgIpc) is 2.85. The van der Waals surface area contributed by atoms with Gasteiger partial charge in [-0.05, 0) is 25.1 Å².